The van der Waals surface area contributed by atoms with Gasteiger partial charge in [-0.25, -0.2) is 4.39 Å². The van der Waals surface area contributed by atoms with Gasteiger partial charge in [0.15, 0.2) is 5.78 Å². The zero-order valence-corrected chi connectivity index (χ0v) is 22.5. The highest BCUT2D eigenvalue weighted by atomic mass is 79.9. The molecule has 1 aliphatic rings. The van der Waals surface area contributed by atoms with E-state index in [0.29, 0.717) is 30.8 Å². The number of hydrogen-bond donors (Lipinski definition) is 0. The zero-order chi connectivity index (χ0) is 25.1. The third-order valence-electron chi connectivity index (χ3n) is 4.96. The molecule has 2 amide bonds. The van der Waals surface area contributed by atoms with E-state index in [1.165, 1.54) is 12.1 Å². The number of amides is 2. The summed E-state index contributed by atoms with van der Waals surface area (Å²) in [6.07, 6.45) is 1.58. The zero-order valence-electron chi connectivity index (χ0n) is 17.8. The van der Waals surface area contributed by atoms with Crippen LogP contribution in [0.15, 0.2) is 74.5 Å². The Balaban J connectivity index is 1.47. The molecular weight excluding hydrogens is 625 g/mol. The Morgan fingerprint density at radius 2 is 1.66 bits per heavy atom. The summed E-state index contributed by atoms with van der Waals surface area (Å²) < 4.78 is 20.2. The number of benzene rings is 3. The van der Waals surface area contributed by atoms with E-state index in [1.54, 1.807) is 54.6 Å². The van der Waals surface area contributed by atoms with Crippen LogP contribution < -0.4 is 4.74 Å². The van der Waals surface area contributed by atoms with E-state index in [1.807, 2.05) is 0 Å². The fourth-order valence-electron chi connectivity index (χ4n) is 3.20. The summed E-state index contributed by atoms with van der Waals surface area (Å²) in [5, 5.41) is -0.0270. The lowest BCUT2D eigenvalue weighted by Gasteiger charge is -2.12. The van der Waals surface area contributed by atoms with Crippen molar-refractivity contribution in [2.45, 2.75) is 6.61 Å². The van der Waals surface area contributed by atoms with Gasteiger partial charge < -0.3 is 4.74 Å². The standard InChI is InChI=1S/C25H15Br2ClFNO4S/c26-19-9-15(10-20(27)23(19)34-13-14-1-7-18(29)8-2-14)11-22-24(32)30(25(33)35-22)12-21(31)16-3-5-17(28)6-4-16/h1-11H,12-13H2/b22-11+. The highest BCUT2D eigenvalue weighted by Crippen LogP contribution is 2.38. The Labute approximate surface area is 226 Å². The topological polar surface area (TPSA) is 63.7 Å². The van der Waals surface area contributed by atoms with Gasteiger partial charge in [0.05, 0.1) is 20.4 Å². The SMILES string of the molecule is O=C(CN1C(=O)S/C(=C/c2cc(Br)c(OCc3ccc(F)cc3)c(Br)c2)C1=O)c1ccc(Cl)cc1. The van der Waals surface area contributed by atoms with E-state index in [-0.39, 0.29) is 29.7 Å². The van der Waals surface area contributed by atoms with Gasteiger partial charge in [0.2, 0.25) is 0 Å². The minimum Gasteiger partial charge on any atom is -0.487 e. The minimum absolute atomic E-state index is 0.206. The summed E-state index contributed by atoms with van der Waals surface area (Å²) in [6, 6.07) is 15.7. The number of nitrogens with zero attached hydrogens (tertiary/aromatic N) is 1. The molecule has 0 unspecified atom stereocenters. The second kappa shape index (κ2) is 11.1. The van der Waals surface area contributed by atoms with Gasteiger partial charge in [-0.05, 0) is 109 Å². The lowest BCUT2D eigenvalue weighted by atomic mass is 10.1. The van der Waals surface area contributed by atoms with Crippen molar-refractivity contribution in [1.29, 1.82) is 0 Å². The molecule has 0 aliphatic carbocycles. The van der Waals surface area contributed by atoms with Gasteiger partial charge in [-0.3, -0.25) is 19.3 Å². The number of Topliss-reactive ketones (excluding diaryl/α,β-unsaturated/α-hetero) is 1. The maximum absolute atomic E-state index is 13.1. The van der Waals surface area contributed by atoms with Crippen LogP contribution >= 0.6 is 55.2 Å². The van der Waals surface area contributed by atoms with Crippen molar-refractivity contribution in [3.63, 3.8) is 0 Å². The molecule has 1 fully saturated rings. The second-order valence-corrected chi connectivity index (χ2v) is 10.6. The van der Waals surface area contributed by atoms with Gasteiger partial charge in [-0.1, -0.05) is 23.7 Å². The number of carbonyl (C=O) groups is 3. The second-order valence-electron chi connectivity index (χ2n) is 7.43. The predicted octanol–water partition coefficient (Wildman–Crippen LogP) is 7.50. The smallest absolute Gasteiger partial charge is 0.293 e. The molecule has 0 aromatic heterocycles. The highest BCUT2D eigenvalue weighted by molar-refractivity contribution is 9.11. The third kappa shape index (κ3) is 6.22. The van der Waals surface area contributed by atoms with Crippen LogP contribution in [0.4, 0.5) is 9.18 Å². The molecule has 1 saturated heterocycles. The Kier molecular flexibility index (Phi) is 8.11. The number of ether oxygens (including phenoxy) is 1. The molecule has 4 rings (SSSR count). The number of carbonyl (C=O) groups excluding carboxylic acids is 3. The Hall–Kier alpha value is -2.46. The first-order valence-electron chi connectivity index (χ1n) is 10.1. The van der Waals surface area contributed by atoms with Crippen molar-refractivity contribution in [3.05, 3.63) is 102 Å². The number of ketones is 1. The summed E-state index contributed by atoms with van der Waals surface area (Å²) in [7, 11) is 0. The molecule has 0 bridgehead atoms. The normalized spacial score (nSPS) is 14.6. The van der Waals surface area contributed by atoms with Crippen LogP contribution in [0.5, 0.6) is 5.75 Å². The first kappa shape index (κ1) is 25.6. The average Bonchev–Trinajstić information content (AvgIpc) is 3.07. The lowest BCUT2D eigenvalue weighted by molar-refractivity contribution is -0.122. The molecule has 0 radical (unpaired) electrons. The Morgan fingerprint density at radius 1 is 1.03 bits per heavy atom. The summed E-state index contributed by atoms with van der Waals surface area (Å²) in [5.74, 6) is -0.683. The number of thioether (sulfide) groups is 1. The van der Waals surface area contributed by atoms with E-state index in [0.717, 1.165) is 22.2 Å². The van der Waals surface area contributed by atoms with Crippen LogP contribution in [0.3, 0.4) is 0 Å². The molecule has 0 N–H and O–H groups in total. The van der Waals surface area contributed by atoms with Crippen LogP contribution in [0.1, 0.15) is 21.5 Å². The monoisotopic (exact) mass is 637 g/mol. The summed E-state index contributed by atoms with van der Waals surface area (Å²) >= 11 is 13.6. The molecule has 3 aromatic rings. The van der Waals surface area contributed by atoms with Crippen LogP contribution in [0.25, 0.3) is 6.08 Å². The molecule has 1 aliphatic heterocycles. The van der Waals surface area contributed by atoms with E-state index in [2.05, 4.69) is 31.9 Å². The van der Waals surface area contributed by atoms with Crippen molar-refractivity contribution in [2.24, 2.45) is 0 Å². The number of halogens is 4. The van der Waals surface area contributed by atoms with Crippen LogP contribution in [-0.2, 0) is 11.4 Å². The first-order chi connectivity index (χ1) is 16.7. The van der Waals surface area contributed by atoms with E-state index < -0.39 is 11.1 Å². The molecule has 35 heavy (non-hydrogen) atoms. The van der Waals surface area contributed by atoms with Crippen molar-refractivity contribution in [2.75, 3.05) is 6.54 Å². The van der Waals surface area contributed by atoms with E-state index in [4.69, 9.17) is 16.3 Å². The summed E-state index contributed by atoms with van der Waals surface area (Å²) in [4.78, 5) is 38.9. The molecule has 10 heteroatoms. The van der Waals surface area contributed by atoms with E-state index in [9.17, 15) is 18.8 Å². The van der Waals surface area contributed by atoms with Gasteiger partial charge in [0.1, 0.15) is 18.2 Å². The fourth-order valence-corrected chi connectivity index (χ4v) is 5.61. The van der Waals surface area contributed by atoms with Crippen molar-refractivity contribution < 1.29 is 23.5 Å². The lowest BCUT2D eigenvalue weighted by Crippen LogP contribution is -2.33. The molecule has 1 heterocycles. The number of rotatable bonds is 7. The molecular formula is C25H15Br2ClFNO4S. The number of imide groups is 1. The third-order valence-corrected chi connectivity index (χ3v) is 7.29. The van der Waals surface area contributed by atoms with Crippen molar-refractivity contribution >= 4 is 78.2 Å². The van der Waals surface area contributed by atoms with Gasteiger partial charge in [-0.15, -0.1) is 0 Å². The van der Waals surface area contributed by atoms with Crippen LogP contribution in [0, 0.1) is 5.82 Å². The predicted molar refractivity (Wildman–Crippen MR) is 141 cm³/mol. The van der Waals surface area contributed by atoms with Crippen LogP contribution in [-0.4, -0.2) is 28.4 Å². The minimum atomic E-state index is -0.536. The van der Waals surface area contributed by atoms with Crippen LogP contribution in [0.2, 0.25) is 5.02 Å². The molecule has 0 saturated carbocycles. The molecule has 5 nitrogen and oxygen atoms in total. The first-order valence-corrected chi connectivity index (χ1v) is 12.9. The fraction of sp³-hybridized carbons (Fsp3) is 0.0800. The molecule has 0 atom stereocenters. The quantitative estimate of drug-likeness (QED) is 0.198. The van der Waals surface area contributed by atoms with Crippen molar-refractivity contribution in [3.8, 4) is 5.75 Å². The van der Waals surface area contributed by atoms with Gasteiger partial charge in [0.25, 0.3) is 11.1 Å². The summed E-state index contributed by atoms with van der Waals surface area (Å²) in [6.45, 7) is -0.120. The average molecular weight is 640 g/mol. The molecule has 0 spiro atoms. The van der Waals surface area contributed by atoms with Crippen molar-refractivity contribution in [1.82, 2.24) is 4.90 Å². The Bertz CT molecular complexity index is 1320. The highest BCUT2D eigenvalue weighted by Gasteiger charge is 2.36. The molecule has 3 aromatic carbocycles. The van der Waals surface area contributed by atoms with Gasteiger partial charge in [-0.2, -0.15) is 0 Å². The van der Waals surface area contributed by atoms with Gasteiger partial charge >= 0.3 is 0 Å². The van der Waals surface area contributed by atoms with Gasteiger partial charge in [0, 0.05) is 10.6 Å². The number of hydrogen-bond acceptors (Lipinski definition) is 5. The van der Waals surface area contributed by atoms with E-state index >= 15 is 0 Å². The maximum Gasteiger partial charge on any atom is 0.293 e. The molecule has 178 valence electrons. The largest absolute Gasteiger partial charge is 0.487 e. The Morgan fingerprint density at radius 3 is 2.29 bits per heavy atom. The summed E-state index contributed by atoms with van der Waals surface area (Å²) in [5.41, 5.74) is 1.81. The maximum atomic E-state index is 13.1.